The van der Waals surface area contributed by atoms with Gasteiger partial charge in [0.2, 0.25) is 5.72 Å². The molecule has 1 saturated heterocycles. The van der Waals surface area contributed by atoms with Gasteiger partial charge in [0.25, 0.3) is 0 Å². The van der Waals surface area contributed by atoms with Crippen molar-refractivity contribution in [2.45, 2.75) is 43.2 Å². The molecule has 134 valence electrons. The predicted molar refractivity (Wildman–Crippen MR) is 88.1 cm³/mol. The molecule has 5 rings (SSSR count). The van der Waals surface area contributed by atoms with Crippen LogP contribution in [0.3, 0.4) is 0 Å². The SMILES string of the molecule is CON=NC1(O)CC=C2C[C@@H]3[C@@H]4C=C[C@H](O)[C@@H]5OC1=C2[C@]45CCN3C. The highest BCUT2D eigenvalue weighted by Gasteiger charge is 2.67. The monoisotopic (exact) mass is 345 g/mol. The minimum Gasteiger partial charge on any atom is -0.485 e. The van der Waals surface area contributed by atoms with Crippen molar-refractivity contribution in [1.29, 1.82) is 0 Å². The highest BCUT2D eigenvalue weighted by atomic mass is 16.6. The molecule has 1 unspecified atom stereocenters. The van der Waals surface area contributed by atoms with Crippen LogP contribution in [0, 0.1) is 11.3 Å². The summed E-state index contributed by atoms with van der Waals surface area (Å²) in [4.78, 5) is 7.10. The average molecular weight is 345 g/mol. The highest BCUT2D eigenvalue weighted by molar-refractivity contribution is 5.54. The minimum atomic E-state index is -1.55. The van der Waals surface area contributed by atoms with Gasteiger partial charge in [-0.15, -0.1) is 5.11 Å². The van der Waals surface area contributed by atoms with Crippen molar-refractivity contribution in [2.75, 3.05) is 20.7 Å². The lowest BCUT2D eigenvalue weighted by atomic mass is 9.51. The average Bonchev–Trinajstić information content (AvgIpc) is 2.96. The fraction of sp³-hybridized carbons (Fsp3) is 0.667. The van der Waals surface area contributed by atoms with Crippen LogP contribution in [0.1, 0.15) is 19.3 Å². The first kappa shape index (κ1) is 15.5. The van der Waals surface area contributed by atoms with Gasteiger partial charge >= 0.3 is 0 Å². The molecule has 1 saturated carbocycles. The molecule has 0 aromatic heterocycles. The Bertz CT molecular complexity index is 745. The summed E-state index contributed by atoms with van der Waals surface area (Å²) in [6.45, 7) is 0.948. The smallest absolute Gasteiger partial charge is 0.241 e. The van der Waals surface area contributed by atoms with E-state index in [-0.39, 0.29) is 17.4 Å². The van der Waals surface area contributed by atoms with Crippen LogP contribution in [-0.4, -0.2) is 59.8 Å². The van der Waals surface area contributed by atoms with Gasteiger partial charge in [0.05, 0.1) is 0 Å². The van der Waals surface area contributed by atoms with Crippen molar-refractivity contribution in [3.05, 3.63) is 35.1 Å². The molecule has 2 bridgehead atoms. The third-order valence-electron chi connectivity index (χ3n) is 6.76. The van der Waals surface area contributed by atoms with Gasteiger partial charge in [-0.25, -0.2) is 0 Å². The number of aliphatic hydroxyl groups is 2. The van der Waals surface area contributed by atoms with E-state index >= 15 is 0 Å². The Hall–Kier alpha value is -1.70. The molecule has 0 aromatic rings. The molecular formula is C18H23N3O4. The molecule has 2 heterocycles. The number of rotatable bonds is 2. The van der Waals surface area contributed by atoms with Crippen molar-refractivity contribution < 1.29 is 19.8 Å². The molecule has 2 aliphatic heterocycles. The van der Waals surface area contributed by atoms with Crippen LogP contribution in [0.5, 0.6) is 0 Å². The summed E-state index contributed by atoms with van der Waals surface area (Å²) < 4.78 is 6.25. The van der Waals surface area contributed by atoms with Gasteiger partial charge in [0, 0.05) is 34.6 Å². The van der Waals surface area contributed by atoms with Crippen molar-refractivity contribution in [3.63, 3.8) is 0 Å². The molecule has 2 N–H and O–H groups in total. The molecule has 7 heteroatoms. The van der Waals surface area contributed by atoms with E-state index < -0.39 is 11.8 Å². The van der Waals surface area contributed by atoms with Gasteiger partial charge in [0.1, 0.15) is 19.3 Å². The summed E-state index contributed by atoms with van der Waals surface area (Å²) in [5.41, 5.74) is 0.438. The topological polar surface area (TPSA) is 86.9 Å². The van der Waals surface area contributed by atoms with Gasteiger partial charge < -0.3 is 24.7 Å². The normalized spacial score (nSPS) is 47.6. The fourth-order valence-corrected chi connectivity index (χ4v) is 5.68. The fourth-order valence-electron chi connectivity index (χ4n) is 5.68. The first-order valence-electron chi connectivity index (χ1n) is 8.87. The lowest BCUT2D eigenvalue weighted by Gasteiger charge is -2.58. The van der Waals surface area contributed by atoms with Crippen molar-refractivity contribution >= 4 is 0 Å². The summed E-state index contributed by atoms with van der Waals surface area (Å²) in [6, 6.07) is 0.393. The number of hydrogen-bond acceptors (Lipinski definition) is 7. The first-order chi connectivity index (χ1) is 12.0. The molecule has 7 nitrogen and oxygen atoms in total. The molecule has 1 spiro atoms. The lowest BCUT2D eigenvalue weighted by Crippen LogP contribution is -2.62. The molecule has 2 fully saturated rings. The largest absolute Gasteiger partial charge is 0.485 e. The summed E-state index contributed by atoms with van der Waals surface area (Å²) >= 11 is 0. The van der Waals surface area contributed by atoms with Crippen LogP contribution in [0.4, 0.5) is 0 Å². The summed E-state index contributed by atoms with van der Waals surface area (Å²) in [5, 5.41) is 29.3. The highest BCUT2D eigenvalue weighted by Crippen LogP contribution is 2.65. The molecule has 6 atom stereocenters. The third kappa shape index (κ3) is 1.76. The second-order valence-corrected chi connectivity index (χ2v) is 7.80. The van der Waals surface area contributed by atoms with Crippen LogP contribution in [-0.2, 0) is 9.57 Å². The van der Waals surface area contributed by atoms with E-state index in [1.54, 1.807) is 0 Å². The number of piperidine rings is 1. The Kier molecular flexibility index (Phi) is 3.07. The maximum absolute atomic E-state index is 11.1. The molecular weight excluding hydrogens is 322 g/mol. The maximum Gasteiger partial charge on any atom is 0.241 e. The molecule has 5 aliphatic rings. The van der Waals surface area contributed by atoms with Crippen molar-refractivity contribution in [2.24, 2.45) is 21.7 Å². The summed E-state index contributed by atoms with van der Waals surface area (Å²) in [5.74, 6) is 0.734. The number of hydrogen-bond donors (Lipinski definition) is 2. The van der Waals surface area contributed by atoms with E-state index in [1.165, 1.54) is 12.7 Å². The van der Waals surface area contributed by atoms with Crippen LogP contribution >= 0.6 is 0 Å². The number of likely N-dealkylation sites (tertiary alicyclic amines) is 1. The van der Waals surface area contributed by atoms with Crippen LogP contribution in [0.15, 0.2) is 45.5 Å². The Balaban J connectivity index is 1.72. The van der Waals surface area contributed by atoms with Gasteiger partial charge in [0.15, 0.2) is 5.76 Å². The Morgan fingerprint density at radius 3 is 3.04 bits per heavy atom. The third-order valence-corrected chi connectivity index (χ3v) is 6.76. The Morgan fingerprint density at radius 1 is 1.40 bits per heavy atom. The number of aliphatic hydroxyl groups excluding tert-OH is 1. The standard InChI is InChI=1S/C18H23N3O4/c1-21-8-7-17-11-3-4-13(22)15(17)25-16-14(17)10(9-12(11)21)5-6-18(16,23)19-20-24-2/h3-5,11-13,15,22-23H,6-9H2,1-2H3/t11-,12+,13-,15-,17-,18?/m0/s1. The van der Waals surface area contributed by atoms with Crippen LogP contribution in [0.25, 0.3) is 0 Å². The van der Waals surface area contributed by atoms with Crippen LogP contribution in [0.2, 0.25) is 0 Å². The van der Waals surface area contributed by atoms with E-state index in [0.29, 0.717) is 18.2 Å². The molecule has 0 aromatic carbocycles. The first-order valence-corrected chi connectivity index (χ1v) is 8.87. The van der Waals surface area contributed by atoms with E-state index in [2.05, 4.69) is 39.3 Å². The zero-order valence-corrected chi connectivity index (χ0v) is 14.4. The number of ether oxygens (including phenoxy) is 1. The zero-order chi connectivity index (χ0) is 17.4. The van der Waals surface area contributed by atoms with Gasteiger partial charge in [-0.2, -0.15) is 0 Å². The quantitative estimate of drug-likeness (QED) is 0.448. The molecule has 0 radical (unpaired) electrons. The zero-order valence-electron chi connectivity index (χ0n) is 14.4. The predicted octanol–water partition coefficient (Wildman–Crippen LogP) is 1.31. The van der Waals surface area contributed by atoms with E-state index in [9.17, 15) is 10.2 Å². The minimum absolute atomic E-state index is 0.269. The maximum atomic E-state index is 11.1. The Labute approximate surface area is 146 Å². The Morgan fingerprint density at radius 2 is 2.24 bits per heavy atom. The molecule has 0 amide bonds. The number of nitrogens with zero attached hydrogens (tertiary/aromatic N) is 3. The van der Waals surface area contributed by atoms with Crippen molar-refractivity contribution in [3.8, 4) is 0 Å². The van der Waals surface area contributed by atoms with Gasteiger partial charge in [-0.05, 0) is 32.0 Å². The van der Waals surface area contributed by atoms with Gasteiger partial charge in [-0.1, -0.05) is 18.2 Å². The van der Waals surface area contributed by atoms with E-state index in [0.717, 1.165) is 25.0 Å². The summed E-state index contributed by atoms with van der Waals surface area (Å²) in [7, 11) is 3.57. The van der Waals surface area contributed by atoms with Gasteiger partial charge in [-0.3, -0.25) is 0 Å². The summed E-state index contributed by atoms with van der Waals surface area (Å²) in [6.07, 6.45) is 7.13. The second-order valence-electron chi connectivity index (χ2n) is 7.80. The second kappa shape index (κ2) is 4.93. The molecule has 3 aliphatic carbocycles. The van der Waals surface area contributed by atoms with Crippen LogP contribution < -0.4 is 0 Å². The lowest BCUT2D eigenvalue weighted by molar-refractivity contribution is -0.103. The van der Waals surface area contributed by atoms with Crippen molar-refractivity contribution in [1.82, 2.24) is 4.90 Å². The van der Waals surface area contributed by atoms with E-state index in [1.807, 2.05) is 6.08 Å². The van der Waals surface area contributed by atoms with E-state index in [4.69, 9.17) is 4.74 Å². The molecule has 25 heavy (non-hydrogen) atoms.